The summed E-state index contributed by atoms with van der Waals surface area (Å²) in [6.45, 7) is 1.11. The molecule has 6 nitrogen and oxygen atoms in total. The Morgan fingerprint density at radius 2 is 1.90 bits per heavy atom. The number of aromatic nitrogens is 2. The Morgan fingerprint density at radius 3 is 2.48 bits per heavy atom. The molecule has 1 amide bonds. The van der Waals surface area contributed by atoms with Crippen molar-refractivity contribution >= 4 is 23.3 Å². The highest BCUT2D eigenvalue weighted by Gasteiger charge is 2.48. The molecule has 1 aromatic carbocycles. The summed E-state index contributed by atoms with van der Waals surface area (Å²) in [5, 5.41) is 6.96. The van der Waals surface area contributed by atoms with E-state index < -0.39 is 24.2 Å². The molecule has 2 aliphatic rings. The van der Waals surface area contributed by atoms with Gasteiger partial charge >= 0.3 is 6.18 Å². The van der Waals surface area contributed by atoms with Crippen LogP contribution < -0.4 is 10.1 Å². The first kappa shape index (κ1) is 19.9. The zero-order chi connectivity index (χ0) is 20.8. The van der Waals surface area contributed by atoms with Crippen LogP contribution in [0, 0.1) is 0 Å². The Kier molecular flexibility index (Phi) is 5.10. The van der Waals surface area contributed by atoms with E-state index in [0.29, 0.717) is 24.4 Å². The van der Waals surface area contributed by atoms with Gasteiger partial charge in [0.25, 0.3) is 5.91 Å². The van der Waals surface area contributed by atoms with Crippen LogP contribution in [-0.2, 0) is 0 Å². The molecule has 3 heterocycles. The number of alkyl halides is 3. The molecule has 10 heteroatoms. The average Bonchev–Trinajstić information content (AvgIpc) is 3.35. The third-order valence-electron chi connectivity index (χ3n) is 5.41. The van der Waals surface area contributed by atoms with E-state index in [-0.39, 0.29) is 23.0 Å². The van der Waals surface area contributed by atoms with Gasteiger partial charge in [-0.1, -0.05) is 23.7 Å². The fourth-order valence-electron chi connectivity index (χ4n) is 3.85. The number of rotatable bonds is 3. The van der Waals surface area contributed by atoms with Gasteiger partial charge in [-0.2, -0.15) is 18.3 Å². The summed E-state index contributed by atoms with van der Waals surface area (Å²) >= 11 is 6.35. The van der Waals surface area contributed by atoms with Gasteiger partial charge in [-0.05, 0) is 30.5 Å². The highest BCUT2D eigenvalue weighted by atomic mass is 35.5. The lowest BCUT2D eigenvalue weighted by Gasteiger charge is -2.33. The molecule has 0 bridgehead atoms. The number of ether oxygens (including phenoxy) is 1. The van der Waals surface area contributed by atoms with Crippen molar-refractivity contribution in [3.05, 3.63) is 40.5 Å². The molecule has 29 heavy (non-hydrogen) atoms. The first-order valence-electron chi connectivity index (χ1n) is 9.34. The van der Waals surface area contributed by atoms with E-state index in [1.54, 1.807) is 29.2 Å². The number of benzene rings is 1. The quantitative estimate of drug-likeness (QED) is 0.785. The molecule has 4 rings (SSSR count). The lowest BCUT2D eigenvalue weighted by Crippen LogP contribution is -2.36. The topological polar surface area (TPSA) is 59.4 Å². The maximum Gasteiger partial charge on any atom is 0.410 e. The summed E-state index contributed by atoms with van der Waals surface area (Å²) in [7, 11) is 1.52. The highest BCUT2D eigenvalue weighted by Crippen LogP contribution is 2.46. The molecule has 156 valence electrons. The van der Waals surface area contributed by atoms with Gasteiger partial charge in [-0.15, -0.1) is 0 Å². The first-order chi connectivity index (χ1) is 13.8. The normalized spacial score (nSPS) is 21.6. The van der Waals surface area contributed by atoms with Crippen LogP contribution in [-0.4, -0.2) is 47.0 Å². The maximum absolute atomic E-state index is 13.8. The predicted molar refractivity (Wildman–Crippen MR) is 101 cm³/mol. The second kappa shape index (κ2) is 7.44. The van der Waals surface area contributed by atoms with Crippen LogP contribution in [0.2, 0.25) is 5.02 Å². The summed E-state index contributed by atoms with van der Waals surface area (Å²) in [4.78, 5) is 14.3. The molecular weight excluding hydrogens is 409 g/mol. The maximum atomic E-state index is 13.8. The Hall–Kier alpha value is -2.42. The SMILES string of the molecule is COc1ccc([C@@H]2C[C@H](C(F)(F)F)n3nc(C(=O)N4CCCC4)c(Cl)c3N2)cc1. The summed E-state index contributed by atoms with van der Waals surface area (Å²) < 4.78 is 47.4. The van der Waals surface area contributed by atoms with Gasteiger partial charge in [-0.3, -0.25) is 4.79 Å². The number of nitrogens with zero attached hydrogens (tertiary/aromatic N) is 3. The number of hydrogen-bond donors (Lipinski definition) is 1. The summed E-state index contributed by atoms with van der Waals surface area (Å²) in [5.74, 6) is 0.195. The van der Waals surface area contributed by atoms with E-state index in [9.17, 15) is 18.0 Å². The zero-order valence-electron chi connectivity index (χ0n) is 15.7. The van der Waals surface area contributed by atoms with Crippen molar-refractivity contribution in [2.24, 2.45) is 0 Å². The Balaban J connectivity index is 1.71. The van der Waals surface area contributed by atoms with Crippen LogP contribution in [0.3, 0.4) is 0 Å². The van der Waals surface area contributed by atoms with E-state index in [0.717, 1.165) is 17.5 Å². The third kappa shape index (κ3) is 3.63. The van der Waals surface area contributed by atoms with Gasteiger partial charge < -0.3 is 15.0 Å². The van der Waals surface area contributed by atoms with Crippen LogP contribution in [0.1, 0.15) is 47.4 Å². The predicted octanol–water partition coefficient (Wildman–Crippen LogP) is 4.44. The van der Waals surface area contributed by atoms with Gasteiger partial charge in [0.2, 0.25) is 0 Å². The Bertz CT molecular complexity index is 907. The summed E-state index contributed by atoms with van der Waals surface area (Å²) in [6.07, 6.45) is -3.08. The molecule has 1 saturated heterocycles. The smallest absolute Gasteiger partial charge is 0.410 e. The van der Waals surface area contributed by atoms with E-state index in [1.165, 1.54) is 7.11 Å². The fourth-order valence-corrected chi connectivity index (χ4v) is 4.11. The number of methoxy groups -OCH3 is 1. The number of halogens is 4. The van der Waals surface area contributed by atoms with Gasteiger partial charge in [0.1, 0.15) is 16.6 Å². The van der Waals surface area contributed by atoms with Crippen molar-refractivity contribution in [2.75, 3.05) is 25.5 Å². The van der Waals surface area contributed by atoms with Gasteiger partial charge in [-0.25, -0.2) is 4.68 Å². The van der Waals surface area contributed by atoms with Crippen LogP contribution in [0.15, 0.2) is 24.3 Å². The van der Waals surface area contributed by atoms with Crippen molar-refractivity contribution in [2.45, 2.75) is 37.5 Å². The lowest BCUT2D eigenvalue weighted by molar-refractivity contribution is -0.173. The molecule has 0 saturated carbocycles. The summed E-state index contributed by atoms with van der Waals surface area (Å²) in [6, 6.07) is 4.28. The Labute approximate surface area is 170 Å². The number of fused-ring (bicyclic) bond motifs is 1. The number of anilines is 1. The second-order valence-electron chi connectivity index (χ2n) is 7.22. The van der Waals surface area contributed by atoms with E-state index in [1.807, 2.05) is 0 Å². The lowest BCUT2D eigenvalue weighted by atomic mass is 9.97. The third-order valence-corrected chi connectivity index (χ3v) is 5.77. The number of nitrogens with one attached hydrogen (secondary N) is 1. The largest absolute Gasteiger partial charge is 0.497 e. The standard InChI is InChI=1S/C19H20ClF3N4O2/c1-29-12-6-4-11(5-7-12)13-10-14(19(21,22)23)27-17(24-13)15(20)16(25-27)18(28)26-8-2-3-9-26/h4-7,13-14,24H,2-3,8-10H2,1H3/t13-,14+/m0/s1. The molecular formula is C19H20ClF3N4O2. The average molecular weight is 429 g/mol. The fraction of sp³-hybridized carbons (Fsp3) is 0.474. The monoisotopic (exact) mass is 428 g/mol. The number of carbonyl (C=O) groups is 1. The molecule has 0 unspecified atom stereocenters. The molecule has 0 spiro atoms. The molecule has 1 fully saturated rings. The van der Waals surface area contributed by atoms with E-state index in [4.69, 9.17) is 16.3 Å². The number of likely N-dealkylation sites (tertiary alicyclic amines) is 1. The minimum absolute atomic E-state index is 0.0172. The van der Waals surface area contributed by atoms with Crippen molar-refractivity contribution < 1.29 is 22.7 Å². The molecule has 0 aliphatic carbocycles. The molecule has 2 aliphatic heterocycles. The van der Waals surface area contributed by atoms with Crippen molar-refractivity contribution in [3.8, 4) is 5.75 Å². The molecule has 1 N–H and O–H groups in total. The molecule has 2 atom stereocenters. The number of hydrogen-bond acceptors (Lipinski definition) is 4. The van der Waals surface area contributed by atoms with Crippen molar-refractivity contribution in [1.29, 1.82) is 0 Å². The summed E-state index contributed by atoms with van der Waals surface area (Å²) in [5.41, 5.74) is 0.525. The minimum Gasteiger partial charge on any atom is -0.497 e. The van der Waals surface area contributed by atoms with Crippen molar-refractivity contribution in [1.82, 2.24) is 14.7 Å². The zero-order valence-corrected chi connectivity index (χ0v) is 16.4. The highest BCUT2D eigenvalue weighted by molar-refractivity contribution is 6.36. The molecule has 0 radical (unpaired) electrons. The van der Waals surface area contributed by atoms with Crippen LogP contribution >= 0.6 is 11.6 Å². The molecule has 2 aromatic rings. The van der Waals surface area contributed by atoms with Gasteiger partial charge in [0, 0.05) is 19.5 Å². The van der Waals surface area contributed by atoms with E-state index >= 15 is 0 Å². The van der Waals surface area contributed by atoms with Gasteiger partial charge in [0.05, 0.1) is 13.2 Å². The van der Waals surface area contributed by atoms with Crippen LogP contribution in [0.25, 0.3) is 0 Å². The number of amides is 1. The van der Waals surface area contributed by atoms with Crippen molar-refractivity contribution in [3.63, 3.8) is 0 Å². The first-order valence-corrected chi connectivity index (χ1v) is 9.72. The Morgan fingerprint density at radius 1 is 1.24 bits per heavy atom. The van der Waals surface area contributed by atoms with E-state index in [2.05, 4.69) is 10.4 Å². The van der Waals surface area contributed by atoms with Crippen LogP contribution in [0.4, 0.5) is 19.0 Å². The second-order valence-corrected chi connectivity index (χ2v) is 7.60. The van der Waals surface area contributed by atoms with Gasteiger partial charge in [0.15, 0.2) is 11.7 Å². The minimum atomic E-state index is -4.54. The number of carbonyl (C=O) groups excluding carboxylic acids is 1. The van der Waals surface area contributed by atoms with Crippen LogP contribution in [0.5, 0.6) is 5.75 Å². The molecule has 1 aromatic heterocycles.